The Balaban J connectivity index is 1.87. The lowest BCUT2D eigenvalue weighted by molar-refractivity contribution is 0.0679. The number of carbonyl (C=O) groups excluding carboxylic acids is 1. The van der Waals surface area contributed by atoms with Crippen LogP contribution in [0.4, 0.5) is 0 Å². The molecule has 2 aromatic rings. The van der Waals surface area contributed by atoms with Crippen LogP contribution in [-0.2, 0) is 4.74 Å². The Morgan fingerprint density at radius 1 is 1.57 bits per heavy atom. The van der Waals surface area contributed by atoms with Crippen LogP contribution in [0, 0.1) is 11.3 Å². The van der Waals surface area contributed by atoms with Gasteiger partial charge in [0, 0.05) is 32.5 Å². The fourth-order valence-electron chi connectivity index (χ4n) is 2.65. The summed E-state index contributed by atoms with van der Waals surface area (Å²) in [4.78, 5) is 24.5. The first-order valence-corrected chi connectivity index (χ1v) is 6.65. The lowest BCUT2D eigenvalue weighted by Crippen LogP contribution is -2.32. The number of ether oxygens (including phenoxy) is 1. The third-order valence-electron chi connectivity index (χ3n) is 3.73. The number of aromatic nitrogens is 3. The topological polar surface area (TPSA) is 97.8 Å². The molecule has 0 radical (unpaired) electrons. The van der Waals surface area contributed by atoms with Gasteiger partial charge in [0.15, 0.2) is 0 Å². The molecule has 0 bridgehead atoms. The van der Waals surface area contributed by atoms with E-state index >= 15 is 0 Å². The number of hydrogen-bond acceptors (Lipinski definition) is 4. The zero-order valence-electron chi connectivity index (χ0n) is 11.5. The summed E-state index contributed by atoms with van der Waals surface area (Å²) < 4.78 is 5.38. The summed E-state index contributed by atoms with van der Waals surface area (Å²) >= 11 is 0. The summed E-state index contributed by atoms with van der Waals surface area (Å²) in [6.07, 6.45) is 4.08. The molecule has 7 heteroatoms. The van der Waals surface area contributed by atoms with Crippen LogP contribution < -0.4 is 0 Å². The van der Waals surface area contributed by atoms with Crippen LogP contribution in [0.25, 0.3) is 0 Å². The minimum atomic E-state index is -0.155. The number of rotatable bonds is 3. The van der Waals surface area contributed by atoms with Crippen molar-refractivity contribution >= 4 is 5.91 Å². The van der Waals surface area contributed by atoms with Crippen molar-refractivity contribution in [3.8, 4) is 6.07 Å². The molecular formula is C14H15N5O2. The monoisotopic (exact) mass is 285 g/mol. The number of H-pyrrole nitrogens is 2. The number of nitriles is 1. The van der Waals surface area contributed by atoms with E-state index in [4.69, 9.17) is 10.00 Å². The van der Waals surface area contributed by atoms with Gasteiger partial charge in [-0.3, -0.25) is 4.79 Å². The van der Waals surface area contributed by atoms with Crippen LogP contribution in [-0.4, -0.2) is 45.5 Å². The van der Waals surface area contributed by atoms with E-state index in [0.717, 1.165) is 5.82 Å². The van der Waals surface area contributed by atoms with Gasteiger partial charge in [-0.05, 0) is 12.1 Å². The molecule has 0 saturated carbocycles. The second-order valence-corrected chi connectivity index (χ2v) is 4.94. The van der Waals surface area contributed by atoms with Gasteiger partial charge in [0.05, 0.1) is 12.1 Å². The van der Waals surface area contributed by atoms with Crippen molar-refractivity contribution in [1.82, 2.24) is 19.9 Å². The van der Waals surface area contributed by atoms with E-state index < -0.39 is 0 Å². The molecule has 0 aromatic carbocycles. The molecule has 3 rings (SSSR count). The molecule has 0 spiro atoms. The predicted molar refractivity (Wildman–Crippen MR) is 73.3 cm³/mol. The molecular weight excluding hydrogens is 270 g/mol. The van der Waals surface area contributed by atoms with Crippen LogP contribution in [0.5, 0.6) is 0 Å². The highest BCUT2D eigenvalue weighted by molar-refractivity contribution is 5.93. The molecule has 1 aliphatic rings. The fraction of sp³-hybridized carbons (Fsp3) is 0.357. The second-order valence-electron chi connectivity index (χ2n) is 4.94. The third kappa shape index (κ3) is 2.41. The Labute approximate surface area is 121 Å². The van der Waals surface area contributed by atoms with Gasteiger partial charge in [-0.1, -0.05) is 0 Å². The SMILES string of the molecule is CO[C@@H]1CC(c2ncc[nH]2)N(C(=O)c2ccc(C#N)[nH]2)C1. The Hall–Kier alpha value is -2.59. The normalized spacial score (nSPS) is 21.4. The number of methoxy groups -OCH3 is 1. The highest BCUT2D eigenvalue weighted by Gasteiger charge is 2.38. The van der Waals surface area contributed by atoms with E-state index in [-0.39, 0.29) is 18.1 Å². The minimum Gasteiger partial charge on any atom is -0.380 e. The van der Waals surface area contributed by atoms with Crippen LogP contribution in [0.3, 0.4) is 0 Å². The van der Waals surface area contributed by atoms with Gasteiger partial charge >= 0.3 is 0 Å². The molecule has 1 saturated heterocycles. The van der Waals surface area contributed by atoms with Crippen LogP contribution in [0.15, 0.2) is 24.5 Å². The van der Waals surface area contributed by atoms with Gasteiger partial charge in [0.1, 0.15) is 23.3 Å². The van der Waals surface area contributed by atoms with Gasteiger partial charge in [-0.25, -0.2) is 4.98 Å². The summed E-state index contributed by atoms with van der Waals surface area (Å²) in [5, 5.41) is 8.84. The third-order valence-corrected chi connectivity index (χ3v) is 3.73. The van der Waals surface area contributed by atoms with Crippen LogP contribution in [0.1, 0.15) is 34.5 Å². The number of nitrogens with one attached hydrogen (secondary N) is 2. The standard InChI is InChI=1S/C14H15N5O2/c1-21-10-6-12(13-16-4-5-17-13)19(8-10)14(20)11-3-2-9(7-15)18-11/h2-5,10,12,18H,6,8H2,1H3,(H,16,17)/t10-,12?/m1/s1. The summed E-state index contributed by atoms with van der Waals surface area (Å²) in [5.74, 6) is 0.590. The summed E-state index contributed by atoms with van der Waals surface area (Å²) in [7, 11) is 1.64. The van der Waals surface area contributed by atoms with Crippen molar-refractivity contribution in [2.24, 2.45) is 0 Å². The Bertz CT molecular complexity index is 670. The van der Waals surface area contributed by atoms with Crippen LogP contribution in [0.2, 0.25) is 0 Å². The number of carbonyl (C=O) groups is 1. The molecule has 1 amide bonds. The first-order chi connectivity index (χ1) is 10.2. The van der Waals surface area contributed by atoms with E-state index in [0.29, 0.717) is 24.4 Å². The predicted octanol–water partition coefficient (Wildman–Crippen LogP) is 1.21. The average Bonchev–Trinajstić information content (AvgIpc) is 3.23. The number of nitrogens with zero attached hydrogens (tertiary/aromatic N) is 3. The molecule has 0 aliphatic carbocycles. The number of imidazole rings is 1. The summed E-state index contributed by atoms with van der Waals surface area (Å²) in [6.45, 7) is 0.502. The van der Waals surface area contributed by atoms with Crippen molar-refractivity contribution in [3.05, 3.63) is 41.7 Å². The number of aromatic amines is 2. The smallest absolute Gasteiger partial charge is 0.271 e. The van der Waals surface area contributed by atoms with Crippen molar-refractivity contribution in [2.45, 2.75) is 18.6 Å². The van der Waals surface area contributed by atoms with E-state index in [1.165, 1.54) is 0 Å². The van der Waals surface area contributed by atoms with Gasteiger partial charge in [0.25, 0.3) is 5.91 Å². The largest absolute Gasteiger partial charge is 0.380 e. The Morgan fingerprint density at radius 3 is 3.05 bits per heavy atom. The molecule has 108 valence electrons. The van der Waals surface area contributed by atoms with Gasteiger partial charge in [0.2, 0.25) is 0 Å². The van der Waals surface area contributed by atoms with E-state index in [9.17, 15) is 4.79 Å². The molecule has 7 nitrogen and oxygen atoms in total. The highest BCUT2D eigenvalue weighted by atomic mass is 16.5. The maximum Gasteiger partial charge on any atom is 0.271 e. The van der Waals surface area contributed by atoms with Gasteiger partial charge in [-0.2, -0.15) is 5.26 Å². The molecule has 2 aromatic heterocycles. The maximum absolute atomic E-state index is 12.6. The highest BCUT2D eigenvalue weighted by Crippen LogP contribution is 2.32. The van der Waals surface area contributed by atoms with Crippen molar-refractivity contribution in [2.75, 3.05) is 13.7 Å². The van der Waals surface area contributed by atoms with E-state index in [2.05, 4.69) is 15.0 Å². The Kier molecular flexibility index (Phi) is 3.46. The number of amides is 1. The van der Waals surface area contributed by atoms with Crippen molar-refractivity contribution in [3.63, 3.8) is 0 Å². The molecule has 3 heterocycles. The quantitative estimate of drug-likeness (QED) is 0.885. The first-order valence-electron chi connectivity index (χ1n) is 6.65. The fourth-order valence-corrected chi connectivity index (χ4v) is 2.65. The van der Waals surface area contributed by atoms with Crippen molar-refractivity contribution in [1.29, 1.82) is 5.26 Å². The molecule has 1 unspecified atom stereocenters. The minimum absolute atomic E-state index is 0.0190. The van der Waals surface area contributed by atoms with E-state index in [1.54, 1.807) is 36.5 Å². The molecule has 21 heavy (non-hydrogen) atoms. The molecule has 2 atom stereocenters. The van der Waals surface area contributed by atoms with Crippen molar-refractivity contribution < 1.29 is 9.53 Å². The average molecular weight is 285 g/mol. The number of likely N-dealkylation sites (tertiary alicyclic amines) is 1. The summed E-state index contributed by atoms with van der Waals surface area (Å²) in [5.41, 5.74) is 0.773. The lowest BCUT2D eigenvalue weighted by Gasteiger charge is -2.22. The van der Waals surface area contributed by atoms with Gasteiger partial charge in [-0.15, -0.1) is 0 Å². The zero-order valence-corrected chi connectivity index (χ0v) is 11.5. The second kappa shape index (κ2) is 5.42. The lowest BCUT2D eigenvalue weighted by atomic mass is 10.2. The Morgan fingerprint density at radius 2 is 2.43 bits per heavy atom. The molecule has 1 fully saturated rings. The molecule has 2 N–H and O–H groups in total. The van der Waals surface area contributed by atoms with E-state index in [1.807, 2.05) is 6.07 Å². The number of hydrogen-bond donors (Lipinski definition) is 2. The zero-order chi connectivity index (χ0) is 14.8. The van der Waals surface area contributed by atoms with Gasteiger partial charge < -0.3 is 19.6 Å². The molecule has 1 aliphatic heterocycles. The first kappa shape index (κ1) is 13.4. The maximum atomic E-state index is 12.6. The summed E-state index contributed by atoms with van der Waals surface area (Å²) in [6, 6.07) is 5.06. The van der Waals surface area contributed by atoms with Crippen LogP contribution >= 0.6 is 0 Å².